The number of hydrogen-bond donors (Lipinski definition) is 2. The van der Waals surface area contributed by atoms with Crippen molar-refractivity contribution < 1.29 is 27.8 Å². The Morgan fingerprint density at radius 1 is 1.25 bits per heavy atom. The van der Waals surface area contributed by atoms with E-state index in [-0.39, 0.29) is 6.42 Å². The second kappa shape index (κ2) is 9.03. The van der Waals surface area contributed by atoms with Gasteiger partial charge in [0, 0.05) is 12.5 Å². The molecule has 1 aromatic rings. The van der Waals surface area contributed by atoms with Gasteiger partial charge in [-0.3, -0.25) is 10.1 Å². The Hall–Kier alpha value is -1.60. The molecule has 3 atom stereocenters. The van der Waals surface area contributed by atoms with Crippen molar-refractivity contribution in [1.29, 1.82) is 0 Å². The van der Waals surface area contributed by atoms with Crippen molar-refractivity contribution >= 4 is 5.97 Å². The van der Waals surface area contributed by atoms with E-state index >= 15 is 0 Å². The summed E-state index contributed by atoms with van der Waals surface area (Å²) in [5, 5.41) is 11.7. The largest absolute Gasteiger partial charge is 0.468 e. The van der Waals surface area contributed by atoms with Crippen molar-refractivity contribution in [3.8, 4) is 0 Å². The van der Waals surface area contributed by atoms with Crippen molar-refractivity contribution in [3.63, 3.8) is 0 Å². The predicted octanol–water partition coefficient (Wildman–Crippen LogP) is 2.56. The van der Waals surface area contributed by atoms with Gasteiger partial charge in [0.05, 0.1) is 7.11 Å². The number of aliphatic hydroxyl groups is 1. The summed E-state index contributed by atoms with van der Waals surface area (Å²) >= 11 is 0. The number of methoxy groups -OCH3 is 1. The third-order valence-electron chi connectivity index (χ3n) is 4.00. The summed E-state index contributed by atoms with van der Waals surface area (Å²) in [5.41, 5.74) is 0.714. The predicted molar refractivity (Wildman–Crippen MR) is 84.3 cm³/mol. The van der Waals surface area contributed by atoms with E-state index in [4.69, 9.17) is 0 Å². The van der Waals surface area contributed by atoms with E-state index in [0.717, 1.165) is 7.11 Å². The standard InChI is InChI=1S/C17H24F3NO3/c1-11(2)13(10-22)15(17(18,19)20)21-14(16(23)24-3)9-12-7-5-4-6-8-12/h4-8,11,13-15,21-22H,9-10H2,1-3H3/t13-,14+,15-/m1/s1. The first-order valence-corrected chi connectivity index (χ1v) is 7.76. The quantitative estimate of drug-likeness (QED) is 0.710. The number of halogens is 3. The molecule has 0 aromatic heterocycles. The summed E-state index contributed by atoms with van der Waals surface area (Å²) in [7, 11) is 1.14. The molecule has 2 N–H and O–H groups in total. The maximum absolute atomic E-state index is 13.5. The molecule has 136 valence electrons. The van der Waals surface area contributed by atoms with Crippen LogP contribution in [-0.2, 0) is 16.0 Å². The molecule has 1 aromatic carbocycles. The Balaban J connectivity index is 3.05. The number of alkyl halides is 3. The van der Waals surface area contributed by atoms with E-state index in [9.17, 15) is 23.1 Å². The second-order valence-electron chi connectivity index (χ2n) is 6.04. The molecular weight excluding hydrogens is 323 g/mol. The van der Waals surface area contributed by atoms with Crippen LogP contribution in [0.3, 0.4) is 0 Å². The van der Waals surface area contributed by atoms with Crippen LogP contribution in [0, 0.1) is 11.8 Å². The number of rotatable bonds is 8. The third kappa shape index (κ3) is 5.79. The van der Waals surface area contributed by atoms with Gasteiger partial charge in [0.25, 0.3) is 0 Å². The first kappa shape index (κ1) is 20.4. The highest BCUT2D eigenvalue weighted by atomic mass is 19.4. The number of carbonyl (C=O) groups is 1. The molecule has 0 spiro atoms. The zero-order valence-corrected chi connectivity index (χ0v) is 14.0. The summed E-state index contributed by atoms with van der Waals surface area (Å²) in [5.74, 6) is -2.24. The van der Waals surface area contributed by atoms with E-state index in [1.165, 1.54) is 0 Å². The molecule has 24 heavy (non-hydrogen) atoms. The highest BCUT2D eigenvalue weighted by molar-refractivity contribution is 5.76. The number of ether oxygens (including phenoxy) is 1. The lowest BCUT2D eigenvalue weighted by atomic mass is 9.87. The minimum atomic E-state index is -4.60. The van der Waals surface area contributed by atoms with E-state index < -0.39 is 42.7 Å². The van der Waals surface area contributed by atoms with Crippen LogP contribution < -0.4 is 5.32 Å². The van der Waals surface area contributed by atoms with Crippen LogP contribution in [0.2, 0.25) is 0 Å². The lowest BCUT2D eigenvalue weighted by Gasteiger charge is -2.33. The SMILES string of the molecule is COC(=O)[C@H](Cc1ccccc1)N[C@H]([C@H](CO)C(C)C)C(F)(F)F. The van der Waals surface area contributed by atoms with Gasteiger partial charge >= 0.3 is 12.1 Å². The molecule has 0 saturated carbocycles. The van der Waals surface area contributed by atoms with Gasteiger partial charge in [-0.05, 0) is 17.9 Å². The number of aliphatic hydroxyl groups excluding tert-OH is 1. The van der Waals surface area contributed by atoms with E-state index in [1.54, 1.807) is 44.2 Å². The van der Waals surface area contributed by atoms with Gasteiger partial charge in [0.2, 0.25) is 0 Å². The molecular formula is C17H24F3NO3. The molecule has 0 heterocycles. The molecule has 4 nitrogen and oxygen atoms in total. The molecule has 0 saturated heterocycles. The minimum absolute atomic E-state index is 0.0658. The van der Waals surface area contributed by atoms with Crippen LogP contribution in [0.5, 0.6) is 0 Å². The topological polar surface area (TPSA) is 58.6 Å². The van der Waals surface area contributed by atoms with Crippen molar-refractivity contribution in [2.75, 3.05) is 13.7 Å². The number of nitrogens with one attached hydrogen (secondary N) is 1. The van der Waals surface area contributed by atoms with Crippen LogP contribution >= 0.6 is 0 Å². The van der Waals surface area contributed by atoms with Gasteiger partial charge in [-0.25, -0.2) is 0 Å². The number of hydrogen-bond acceptors (Lipinski definition) is 4. The Bertz CT molecular complexity index is 506. The molecule has 0 aliphatic rings. The first-order valence-electron chi connectivity index (χ1n) is 7.76. The molecule has 0 aliphatic heterocycles. The molecule has 7 heteroatoms. The monoisotopic (exact) mass is 347 g/mol. The van der Waals surface area contributed by atoms with Gasteiger partial charge in [0.1, 0.15) is 12.1 Å². The molecule has 0 bridgehead atoms. The Kier molecular flexibility index (Phi) is 7.69. The van der Waals surface area contributed by atoms with Crippen molar-refractivity contribution in [2.24, 2.45) is 11.8 Å². The fraction of sp³-hybridized carbons (Fsp3) is 0.588. The molecule has 1 rings (SSSR count). The number of esters is 1. The lowest BCUT2D eigenvalue weighted by Crippen LogP contribution is -2.56. The third-order valence-corrected chi connectivity index (χ3v) is 4.00. The number of carbonyl (C=O) groups excluding carboxylic acids is 1. The average molecular weight is 347 g/mol. The van der Waals surface area contributed by atoms with Gasteiger partial charge in [-0.2, -0.15) is 13.2 Å². The molecule has 0 radical (unpaired) electrons. The molecule has 0 unspecified atom stereocenters. The summed E-state index contributed by atoms with van der Waals surface area (Å²) in [6.07, 6.45) is -4.53. The second-order valence-corrected chi connectivity index (χ2v) is 6.04. The Morgan fingerprint density at radius 3 is 2.25 bits per heavy atom. The maximum atomic E-state index is 13.5. The number of benzene rings is 1. The van der Waals surface area contributed by atoms with Gasteiger partial charge in [-0.15, -0.1) is 0 Å². The van der Waals surface area contributed by atoms with Crippen molar-refractivity contribution in [2.45, 2.75) is 38.5 Å². The Morgan fingerprint density at radius 2 is 1.83 bits per heavy atom. The van der Waals surface area contributed by atoms with E-state index in [2.05, 4.69) is 10.1 Å². The smallest absolute Gasteiger partial charge is 0.404 e. The minimum Gasteiger partial charge on any atom is -0.468 e. The molecule has 0 aliphatic carbocycles. The van der Waals surface area contributed by atoms with Crippen LogP contribution in [0.4, 0.5) is 13.2 Å². The maximum Gasteiger partial charge on any atom is 0.404 e. The van der Waals surface area contributed by atoms with Gasteiger partial charge in [-0.1, -0.05) is 44.2 Å². The van der Waals surface area contributed by atoms with E-state index in [0.29, 0.717) is 5.56 Å². The summed E-state index contributed by atoms with van der Waals surface area (Å²) in [6, 6.07) is 5.57. The fourth-order valence-corrected chi connectivity index (χ4v) is 2.58. The summed E-state index contributed by atoms with van der Waals surface area (Å²) < 4.78 is 45.0. The molecule has 0 amide bonds. The molecule has 0 fully saturated rings. The average Bonchev–Trinajstić information content (AvgIpc) is 2.52. The van der Waals surface area contributed by atoms with Crippen molar-refractivity contribution in [3.05, 3.63) is 35.9 Å². The van der Waals surface area contributed by atoms with Gasteiger partial charge in [0.15, 0.2) is 0 Å². The van der Waals surface area contributed by atoms with Crippen LogP contribution in [0.1, 0.15) is 19.4 Å². The summed E-state index contributed by atoms with van der Waals surface area (Å²) in [6.45, 7) is 2.57. The zero-order chi connectivity index (χ0) is 18.3. The van der Waals surface area contributed by atoms with Crippen LogP contribution in [0.15, 0.2) is 30.3 Å². The van der Waals surface area contributed by atoms with Crippen LogP contribution in [0.25, 0.3) is 0 Å². The van der Waals surface area contributed by atoms with Crippen LogP contribution in [-0.4, -0.2) is 43.1 Å². The van der Waals surface area contributed by atoms with E-state index in [1.807, 2.05) is 0 Å². The lowest BCUT2D eigenvalue weighted by molar-refractivity contribution is -0.179. The van der Waals surface area contributed by atoms with Crippen molar-refractivity contribution in [1.82, 2.24) is 5.32 Å². The normalized spacial score (nSPS) is 15.8. The Labute approximate surface area is 140 Å². The highest BCUT2D eigenvalue weighted by Gasteiger charge is 2.47. The summed E-state index contributed by atoms with van der Waals surface area (Å²) in [4.78, 5) is 11.9. The fourth-order valence-electron chi connectivity index (χ4n) is 2.58. The highest BCUT2D eigenvalue weighted by Crippen LogP contribution is 2.30. The zero-order valence-electron chi connectivity index (χ0n) is 14.0. The van der Waals surface area contributed by atoms with Gasteiger partial charge < -0.3 is 9.84 Å². The first-order chi connectivity index (χ1) is 11.2.